The van der Waals surface area contributed by atoms with Crippen LogP contribution in [0.15, 0.2) is 60.8 Å². The number of fused-ring (bicyclic) bond motifs is 1. The monoisotopic (exact) mass is 327 g/mol. The van der Waals surface area contributed by atoms with Crippen molar-refractivity contribution in [3.05, 3.63) is 72.0 Å². The molecule has 5 heteroatoms. The Morgan fingerprint density at radius 3 is 2.88 bits per heavy atom. The molecule has 1 heterocycles. The van der Waals surface area contributed by atoms with Crippen molar-refractivity contribution in [2.75, 3.05) is 19.6 Å². The second kappa shape index (κ2) is 9.05. The Labute approximate surface area is 143 Å². The highest BCUT2D eigenvalue weighted by Gasteiger charge is 2.18. The van der Waals surface area contributed by atoms with Crippen molar-refractivity contribution in [1.82, 2.24) is 10.2 Å². The Bertz CT molecular complexity index is 637. The summed E-state index contributed by atoms with van der Waals surface area (Å²) in [6, 6.07) is 8.38. The zero-order valence-electron chi connectivity index (χ0n) is 13.8. The second-order valence-electron chi connectivity index (χ2n) is 5.83. The molecular formula is C19H25N3O2. The number of rotatable bonds is 7. The number of nitrogens with one attached hydrogen (secondary N) is 1. The van der Waals surface area contributed by atoms with Gasteiger partial charge in [-0.15, -0.1) is 0 Å². The molecule has 5 nitrogen and oxygen atoms in total. The molecule has 0 saturated heterocycles. The number of amides is 1. The van der Waals surface area contributed by atoms with E-state index in [2.05, 4.69) is 35.0 Å². The average Bonchev–Trinajstić information content (AvgIpc) is 2.59. The molecule has 2 rings (SSSR count). The summed E-state index contributed by atoms with van der Waals surface area (Å²) in [6.45, 7) is 6.05. The number of nitrogens with two attached hydrogens (primary N) is 1. The zero-order chi connectivity index (χ0) is 17.4. The van der Waals surface area contributed by atoms with Gasteiger partial charge in [0.05, 0.1) is 6.10 Å². The van der Waals surface area contributed by atoms with Crippen LogP contribution < -0.4 is 11.1 Å². The van der Waals surface area contributed by atoms with E-state index < -0.39 is 6.10 Å². The third-order valence-corrected chi connectivity index (χ3v) is 4.01. The molecule has 0 unspecified atom stereocenters. The first kappa shape index (κ1) is 18.0. The number of β-amino-alcohol motifs (C(OH)–C–C–N with tert-alkyl or cyclic N) is 1. The highest BCUT2D eigenvalue weighted by molar-refractivity contribution is 5.96. The topological polar surface area (TPSA) is 78.6 Å². The van der Waals surface area contributed by atoms with Crippen LogP contribution in [0.3, 0.4) is 0 Å². The minimum Gasteiger partial charge on any atom is -0.405 e. The third kappa shape index (κ3) is 5.08. The van der Waals surface area contributed by atoms with Gasteiger partial charge in [-0.25, -0.2) is 0 Å². The van der Waals surface area contributed by atoms with Gasteiger partial charge in [0.15, 0.2) is 0 Å². The number of hydrogen-bond donors (Lipinski definition) is 3. The smallest absolute Gasteiger partial charge is 0.251 e. The minimum atomic E-state index is -0.619. The summed E-state index contributed by atoms with van der Waals surface area (Å²) < 4.78 is 0. The fraction of sp³-hybridized carbons (Fsp3) is 0.316. The molecule has 0 fully saturated rings. The van der Waals surface area contributed by atoms with E-state index in [4.69, 9.17) is 5.73 Å². The lowest BCUT2D eigenvalue weighted by Crippen LogP contribution is -2.42. The van der Waals surface area contributed by atoms with Gasteiger partial charge in [-0.3, -0.25) is 9.69 Å². The average molecular weight is 327 g/mol. The molecule has 1 aliphatic heterocycles. The van der Waals surface area contributed by atoms with Gasteiger partial charge >= 0.3 is 0 Å². The maximum atomic E-state index is 12.0. The molecule has 24 heavy (non-hydrogen) atoms. The van der Waals surface area contributed by atoms with Gasteiger partial charge in [0.1, 0.15) is 0 Å². The molecule has 1 amide bonds. The van der Waals surface area contributed by atoms with E-state index in [9.17, 15) is 9.90 Å². The number of carbonyl (C=O) groups excluding carboxylic acids is 1. The van der Waals surface area contributed by atoms with Gasteiger partial charge in [-0.2, -0.15) is 0 Å². The van der Waals surface area contributed by atoms with E-state index in [1.54, 1.807) is 6.08 Å². The fourth-order valence-corrected chi connectivity index (χ4v) is 2.82. The van der Waals surface area contributed by atoms with E-state index in [-0.39, 0.29) is 12.5 Å². The van der Waals surface area contributed by atoms with Crippen LogP contribution in [-0.4, -0.2) is 41.7 Å². The number of aliphatic hydroxyl groups is 1. The molecule has 1 atom stereocenters. The van der Waals surface area contributed by atoms with Crippen molar-refractivity contribution in [2.24, 2.45) is 5.73 Å². The Hall–Kier alpha value is -2.37. The molecule has 0 bridgehead atoms. The molecule has 1 aliphatic rings. The number of aliphatic hydroxyl groups excluding tert-OH is 1. The van der Waals surface area contributed by atoms with Crippen LogP contribution in [0.1, 0.15) is 11.1 Å². The highest BCUT2D eigenvalue weighted by atomic mass is 16.3. The molecule has 0 radical (unpaired) electrons. The van der Waals surface area contributed by atoms with Crippen LogP contribution in [0, 0.1) is 0 Å². The molecular weight excluding hydrogens is 302 g/mol. The van der Waals surface area contributed by atoms with Crippen molar-refractivity contribution in [2.45, 2.75) is 19.1 Å². The SMILES string of the molecule is C=C/C=C(\C=C/N)C(=O)NC[C@H](O)CN1CCc2ccccc2C1. The summed E-state index contributed by atoms with van der Waals surface area (Å²) in [6.07, 6.45) is 6.28. The zero-order valence-corrected chi connectivity index (χ0v) is 13.8. The van der Waals surface area contributed by atoms with E-state index in [1.807, 2.05) is 6.07 Å². The van der Waals surface area contributed by atoms with Gasteiger partial charge in [-0.05, 0) is 35.9 Å². The highest BCUT2D eigenvalue weighted by Crippen LogP contribution is 2.18. The number of benzene rings is 1. The summed E-state index contributed by atoms with van der Waals surface area (Å²) in [5.41, 5.74) is 8.42. The van der Waals surface area contributed by atoms with E-state index in [0.29, 0.717) is 12.1 Å². The Kier molecular flexibility index (Phi) is 6.78. The maximum absolute atomic E-state index is 12.0. The van der Waals surface area contributed by atoms with Crippen LogP contribution in [0.5, 0.6) is 0 Å². The summed E-state index contributed by atoms with van der Waals surface area (Å²) in [5.74, 6) is -0.278. The summed E-state index contributed by atoms with van der Waals surface area (Å²) in [7, 11) is 0. The Morgan fingerprint density at radius 1 is 1.42 bits per heavy atom. The predicted molar refractivity (Wildman–Crippen MR) is 96.0 cm³/mol. The molecule has 0 saturated carbocycles. The summed E-state index contributed by atoms with van der Waals surface area (Å²) in [5, 5.41) is 12.9. The van der Waals surface area contributed by atoms with Crippen LogP contribution in [0.25, 0.3) is 0 Å². The molecule has 0 aliphatic carbocycles. The first-order valence-corrected chi connectivity index (χ1v) is 8.10. The number of allylic oxidation sites excluding steroid dienone is 2. The van der Waals surface area contributed by atoms with Crippen LogP contribution in [-0.2, 0) is 17.8 Å². The molecule has 128 valence electrons. The second-order valence-corrected chi connectivity index (χ2v) is 5.83. The molecule has 0 spiro atoms. The maximum Gasteiger partial charge on any atom is 0.251 e. The first-order chi connectivity index (χ1) is 11.6. The molecule has 1 aromatic carbocycles. The predicted octanol–water partition coefficient (Wildman–Crippen LogP) is 1.11. The van der Waals surface area contributed by atoms with Gasteiger partial charge in [-0.1, -0.05) is 36.9 Å². The van der Waals surface area contributed by atoms with E-state index in [0.717, 1.165) is 19.5 Å². The number of nitrogens with zero attached hydrogens (tertiary/aromatic N) is 1. The van der Waals surface area contributed by atoms with Gasteiger partial charge in [0, 0.05) is 31.8 Å². The Balaban J connectivity index is 1.81. The summed E-state index contributed by atoms with van der Waals surface area (Å²) >= 11 is 0. The standard InChI is InChI=1S/C19H25N3O2/c1-2-5-16(8-10-20)19(24)21-12-18(23)14-22-11-9-15-6-3-4-7-17(15)13-22/h2-8,10,18,23H,1,9,11-14,20H2,(H,21,24)/b10-8-,16-5+/t18-/m0/s1. The minimum absolute atomic E-state index is 0.198. The van der Waals surface area contributed by atoms with Gasteiger partial charge < -0.3 is 16.2 Å². The summed E-state index contributed by atoms with van der Waals surface area (Å²) in [4.78, 5) is 14.2. The van der Waals surface area contributed by atoms with Gasteiger partial charge in [0.25, 0.3) is 5.91 Å². The Morgan fingerprint density at radius 2 is 2.17 bits per heavy atom. The lowest BCUT2D eigenvalue weighted by molar-refractivity contribution is -0.117. The van der Waals surface area contributed by atoms with Crippen molar-refractivity contribution in [1.29, 1.82) is 0 Å². The lowest BCUT2D eigenvalue weighted by atomic mass is 10.00. The van der Waals surface area contributed by atoms with Crippen molar-refractivity contribution >= 4 is 5.91 Å². The largest absolute Gasteiger partial charge is 0.405 e. The molecule has 4 N–H and O–H groups in total. The molecule has 1 aromatic rings. The quantitative estimate of drug-likeness (QED) is 0.518. The number of hydrogen-bond acceptors (Lipinski definition) is 4. The van der Waals surface area contributed by atoms with Crippen molar-refractivity contribution < 1.29 is 9.90 Å². The fourth-order valence-electron chi connectivity index (χ4n) is 2.82. The van der Waals surface area contributed by atoms with Crippen LogP contribution in [0.2, 0.25) is 0 Å². The third-order valence-electron chi connectivity index (χ3n) is 4.01. The van der Waals surface area contributed by atoms with Crippen molar-refractivity contribution in [3.8, 4) is 0 Å². The normalized spacial score (nSPS) is 16.6. The molecule has 0 aromatic heterocycles. The van der Waals surface area contributed by atoms with Crippen molar-refractivity contribution in [3.63, 3.8) is 0 Å². The van der Waals surface area contributed by atoms with Crippen LogP contribution in [0.4, 0.5) is 0 Å². The van der Waals surface area contributed by atoms with Gasteiger partial charge in [0.2, 0.25) is 0 Å². The first-order valence-electron chi connectivity index (χ1n) is 8.10. The number of carbonyl (C=O) groups is 1. The van der Waals surface area contributed by atoms with Crippen LogP contribution >= 0.6 is 0 Å². The lowest BCUT2D eigenvalue weighted by Gasteiger charge is -2.30. The van der Waals surface area contributed by atoms with E-state index in [1.165, 1.54) is 29.5 Å². The van der Waals surface area contributed by atoms with E-state index >= 15 is 0 Å².